The van der Waals surface area contributed by atoms with Gasteiger partial charge in [0.1, 0.15) is 6.54 Å². The fourth-order valence-corrected chi connectivity index (χ4v) is 2.54. The molecule has 21 heavy (non-hydrogen) atoms. The van der Waals surface area contributed by atoms with Gasteiger partial charge in [-0.15, -0.1) is 0 Å². The molecule has 0 aromatic heterocycles. The van der Waals surface area contributed by atoms with Gasteiger partial charge in [0.2, 0.25) is 5.91 Å². The monoisotopic (exact) mass is 355 g/mol. The van der Waals surface area contributed by atoms with Gasteiger partial charge in [-0.1, -0.05) is 0 Å². The van der Waals surface area contributed by atoms with E-state index in [0.717, 1.165) is 0 Å². The number of nitro groups is 1. The van der Waals surface area contributed by atoms with Crippen LogP contribution in [0, 0.1) is 10.1 Å². The lowest BCUT2D eigenvalue weighted by atomic mass is 10.1. The first-order valence-electron chi connectivity index (χ1n) is 6.37. The summed E-state index contributed by atoms with van der Waals surface area (Å²) in [5, 5.41) is 10.8. The van der Waals surface area contributed by atoms with Crippen LogP contribution in [0.4, 0.5) is 5.69 Å². The maximum absolute atomic E-state index is 12.5. The molecular weight excluding hydrogens is 342 g/mol. The van der Waals surface area contributed by atoms with Crippen LogP contribution in [0.25, 0.3) is 0 Å². The van der Waals surface area contributed by atoms with Crippen LogP contribution < -0.4 is 0 Å². The van der Waals surface area contributed by atoms with E-state index in [1.165, 1.54) is 23.1 Å². The summed E-state index contributed by atoms with van der Waals surface area (Å²) in [6.07, 6.45) is 0.681. The number of benzene rings is 1. The van der Waals surface area contributed by atoms with Crippen LogP contribution in [0.5, 0.6) is 0 Å². The summed E-state index contributed by atoms with van der Waals surface area (Å²) in [5.41, 5.74) is 0.0429. The largest absolute Gasteiger partial charge is 0.344 e. The second-order valence-corrected chi connectivity index (χ2v) is 5.67. The molecule has 8 heteroatoms. The van der Waals surface area contributed by atoms with E-state index in [1.807, 2.05) is 0 Å². The second kappa shape index (κ2) is 6.21. The molecule has 112 valence electrons. The topological polar surface area (TPSA) is 83.8 Å². The molecule has 1 aliphatic heterocycles. The number of rotatable bonds is 2. The summed E-state index contributed by atoms with van der Waals surface area (Å²) < 4.78 is 0.475. The Bertz CT molecular complexity index is 605. The molecule has 1 aromatic rings. The Balaban J connectivity index is 2.29. The second-order valence-electron chi connectivity index (χ2n) is 4.82. The molecule has 0 bridgehead atoms. The predicted molar refractivity (Wildman–Crippen MR) is 79.0 cm³/mol. The van der Waals surface area contributed by atoms with E-state index >= 15 is 0 Å². The van der Waals surface area contributed by atoms with Gasteiger partial charge in [0, 0.05) is 36.7 Å². The van der Waals surface area contributed by atoms with Crippen LogP contribution in [-0.2, 0) is 4.79 Å². The number of hydrogen-bond acceptors (Lipinski definition) is 4. The average molecular weight is 356 g/mol. The SMILES string of the molecule is CN1CCCN(C(=O)c2cc([N+](=O)[O-])ccc2Br)CC1=O. The minimum atomic E-state index is -0.551. The zero-order chi connectivity index (χ0) is 15.6. The molecule has 1 aliphatic rings. The van der Waals surface area contributed by atoms with Gasteiger partial charge in [0.25, 0.3) is 11.6 Å². The molecule has 0 saturated carbocycles. The zero-order valence-corrected chi connectivity index (χ0v) is 13.0. The molecule has 1 aromatic carbocycles. The highest BCUT2D eigenvalue weighted by Crippen LogP contribution is 2.24. The van der Waals surface area contributed by atoms with Crippen molar-refractivity contribution in [3.8, 4) is 0 Å². The number of carbonyl (C=O) groups excluding carboxylic acids is 2. The van der Waals surface area contributed by atoms with Crippen molar-refractivity contribution in [3.05, 3.63) is 38.3 Å². The van der Waals surface area contributed by atoms with Gasteiger partial charge in [0.15, 0.2) is 0 Å². The first-order chi connectivity index (χ1) is 9.90. The molecule has 0 unspecified atom stereocenters. The van der Waals surface area contributed by atoms with Crippen LogP contribution in [0.15, 0.2) is 22.7 Å². The van der Waals surface area contributed by atoms with Gasteiger partial charge in [-0.25, -0.2) is 0 Å². The number of amides is 2. The molecule has 1 saturated heterocycles. The third-order valence-electron chi connectivity index (χ3n) is 3.35. The lowest BCUT2D eigenvalue weighted by Gasteiger charge is -2.20. The van der Waals surface area contributed by atoms with Crippen molar-refractivity contribution in [2.24, 2.45) is 0 Å². The maximum atomic E-state index is 12.5. The number of likely N-dealkylation sites (N-methyl/N-ethyl adjacent to an activating group) is 1. The van der Waals surface area contributed by atoms with Crippen LogP contribution in [0.1, 0.15) is 16.8 Å². The van der Waals surface area contributed by atoms with E-state index in [9.17, 15) is 19.7 Å². The smallest absolute Gasteiger partial charge is 0.270 e. The van der Waals surface area contributed by atoms with Gasteiger partial charge >= 0.3 is 0 Å². The number of halogens is 1. The van der Waals surface area contributed by atoms with Crippen LogP contribution in [0.2, 0.25) is 0 Å². The third kappa shape index (κ3) is 3.38. The van der Waals surface area contributed by atoms with Crippen LogP contribution >= 0.6 is 15.9 Å². The predicted octanol–water partition coefficient (Wildman–Crippen LogP) is 1.66. The van der Waals surface area contributed by atoms with E-state index in [1.54, 1.807) is 11.9 Å². The minimum absolute atomic E-state index is 0.00946. The first kappa shape index (κ1) is 15.4. The maximum Gasteiger partial charge on any atom is 0.270 e. The van der Waals surface area contributed by atoms with Gasteiger partial charge in [-0.3, -0.25) is 19.7 Å². The fraction of sp³-hybridized carbons (Fsp3) is 0.385. The van der Waals surface area contributed by atoms with Crippen molar-refractivity contribution in [2.75, 3.05) is 26.7 Å². The van der Waals surface area contributed by atoms with Crippen molar-refractivity contribution in [1.29, 1.82) is 0 Å². The zero-order valence-electron chi connectivity index (χ0n) is 11.4. The molecule has 2 rings (SSSR count). The number of carbonyl (C=O) groups is 2. The summed E-state index contributed by atoms with van der Waals surface area (Å²) >= 11 is 3.23. The molecule has 2 amide bonds. The van der Waals surface area contributed by atoms with E-state index in [4.69, 9.17) is 0 Å². The summed E-state index contributed by atoms with van der Waals surface area (Å²) in [6, 6.07) is 4.02. The van der Waals surface area contributed by atoms with E-state index in [0.29, 0.717) is 24.0 Å². The lowest BCUT2D eigenvalue weighted by molar-refractivity contribution is -0.384. The number of nitrogens with zero attached hydrogens (tertiary/aromatic N) is 3. The Morgan fingerprint density at radius 1 is 1.38 bits per heavy atom. The number of hydrogen-bond donors (Lipinski definition) is 0. The lowest BCUT2D eigenvalue weighted by Crippen LogP contribution is -2.38. The van der Waals surface area contributed by atoms with Crippen molar-refractivity contribution < 1.29 is 14.5 Å². The Morgan fingerprint density at radius 3 is 2.76 bits per heavy atom. The highest BCUT2D eigenvalue weighted by Gasteiger charge is 2.26. The first-order valence-corrected chi connectivity index (χ1v) is 7.16. The van der Waals surface area contributed by atoms with Crippen molar-refractivity contribution >= 4 is 33.4 Å². The van der Waals surface area contributed by atoms with Crippen molar-refractivity contribution in [1.82, 2.24) is 9.80 Å². The summed E-state index contributed by atoms with van der Waals surface area (Å²) in [5.74, 6) is -0.517. The van der Waals surface area contributed by atoms with Gasteiger partial charge < -0.3 is 9.80 Å². The molecule has 0 radical (unpaired) electrons. The molecular formula is C13H14BrN3O4. The Kier molecular flexibility index (Phi) is 4.56. The van der Waals surface area contributed by atoms with E-state index in [-0.39, 0.29) is 29.6 Å². The van der Waals surface area contributed by atoms with Crippen molar-refractivity contribution in [3.63, 3.8) is 0 Å². The molecule has 1 fully saturated rings. The van der Waals surface area contributed by atoms with Gasteiger partial charge in [-0.05, 0) is 28.4 Å². The number of non-ortho nitro benzene ring substituents is 1. The average Bonchev–Trinajstić information content (AvgIpc) is 2.61. The standard InChI is InChI=1S/C13H14BrN3O4/c1-15-5-2-6-16(8-12(15)18)13(19)10-7-9(17(20)21)3-4-11(10)14/h3-4,7H,2,5-6,8H2,1H3. The molecule has 7 nitrogen and oxygen atoms in total. The molecule has 0 spiro atoms. The number of nitro benzene ring substituents is 1. The third-order valence-corrected chi connectivity index (χ3v) is 4.04. The van der Waals surface area contributed by atoms with E-state index < -0.39 is 4.92 Å². The highest BCUT2D eigenvalue weighted by molar-refractivity contribution is 9.10. The van der Waals surface area contributed by atoms with Crippen molar-refractivity contribution in [2.45, 2.75) is 6.42 Å². The Hall–Kier alpha value is -1.96. The summed E-state index contributed by atoms with van der Waals surface area (Å²) in [4.78, 5) is 37.6. The fourth-order valence-electron chi connectivity index (χ4n) is 2.12. The minimum Gasteiger partial charge on any atom is -0.344 e. The molecule has 0 atom stereocenters. The molecule has 0 aliphatic carbocycles. The quantitative estimate of drug-likeness (QED) is 0.596. The molecule has 0 N–H and O–H groups in total. The Morgan fingerprint density at radius 2 is 2.10 bits per heavy atom. The van der Waals surface area contributed by atoms with Crippen LogP contribution in [0.3, 0.4) is 0 Å². The molecule has 1 heterocycles. The van der Waals surface area contributed by atoms with Gasteiger partial charge in [-0.2, -0.15) is 0 Å². The summed E-state index contributed by atoms with van der Waals surface area (Å²) in [7, 11) is 1.69. The van der Waals surface area contributed by atoms with E-state index in [2.05, 4.69) is 15.9 Å². The Labute approximate surface area is 129 Å². The normalized spacial score (nSPS) is 15.8. The van der Waals surface area contributed by atoms with Crippen LogP contribution in [-0.4, -0.2) is 53.2 Å². The highest BCUT2D eigenvalue weighted by atomic mass is 79.9. The van der Waals surface area contributed by atoms with Gasteiger partial charge in [0.05, 0.1) is 10.5 Å². The summed E-state index contributed by atoms with van der Waals surface area (Å²) in [6.45, 7) is 1.03.